The SMILES string of the molecule is COc1ccc(OCCN(C)Cc2cc(=O)oc3cc(C)ccc23)cc1. The molecule has 0 fully saturated rings. The van der Waals surface area contributed by atoms with E-state index in [0.717, 1.165) is 34.6 Å². The highest BCUT2D eigenvalue weighted by Crippen LogP contribution is 2.20. The summed E-state index contributed by atoms with van der Waals surface area (Å²) in [6, 6.07) is 15.0. The lowest BCUT2D eigenvalue weighted by Gasteiger charge is -2.18. The first kappa shape index (κ1) is 18.0. The van der Waals surface area contributed by atoms with Crippen LogP contribution in [0.15, 0.2) is 57.7 Å². The molecule has 0 amide bonds. The van der Waals surface area contributed by atoms with Crippen molar-refractivity contribution >= 4 is 11.0 Å². The van der Waals surface area contributed by atoms with E-state index in [-0.39, 0.29) is 5.63 Å². The number of nitrogens with zero attached hydrogens (tertiary/aromatic N) is 1. The molecule has 5 nitrogen and oxygen atoms in total. The van der Waals surface area contributed by atoms with Crippen molar-refractivity contribution in [2.75, 3.05) is 27.3 Å². The first-order valence-corrected chi connectivity index (χ1v) is 8.54. The quantitative estimate of drug-likeness (QED) is 0.607. The van der Waals surface area contributed by atoms with Crippen LogP contribution in [-0.4, -0.2) is 32.2 Å². The van der Waals surface area contributed by atoms with Gasteiger partial charge in [-0.1, -0.05) is 12.1 Å². The maximum atomic E-state index is 11.8. The second kappa shape index (κ2) is 8.06. The molecule has 0 spiro atoms. The van der Waals surface area contributed by atoms with Gasteiger partial charge in [-0.2, -0.15) is 0 Å². The van der Waals surface area contributed by atoms with Crippen LogP contribution in [0, 0.1) is 6.92 Å². The minimum Gasteiger partial charge on any atom is -0.497 e. The van der Waals surface area contributed by atoms with E-state index in [1.165, 1.54) is 0 Å². The average Bonchev–Trinajstić information content (AvgIpc) is 2.61. The lowest BCUT2D eigenvalue weighted by molar-refractivity contribution is 0.233. The summed E-state index contributed by atoms with van der Waals surface area (Å²) in [5, 5.41) is 0.970. The fourth-order valence-electron chi connectivity index (χ4n) is 2.83. The van der Waals surface area contributed by atoms with Gasteiger partial charge in [0.15, 0.2) is 0 Å². The van der Waals surface area contributed by atoms with E-state index in [2.05, 4.69) is 4.90 Å². The van der Waals surface area contributed by atoms with E-state index < -0.39 is 0 Å². The van der Waals surface area contributed by atoms with Crippen molar-refractivity contribution in [1.29, 1.82) is 0 Å². The molecule has 3 rings (SSSR count). The van der Waals surface area contributed by atoms with Crippen molar-refractivity contribution in [1.82, 2.24) is 4.90 Å². The van der Waals surface area contributed by atoms with Crippen molar-refractivity contribution in [2.45, 2.75) is 13.5 Å². The molecule has 0 saturated heterocycles. The molecule has 5 heteroatoms. The van der Waals surface area contributed by atoms with Crippen LogP contribution >= 0.6 is 0 Å². The Morgan fingerprint density at radius 3 is 2.50 bits per heavy atom. The van der Waals surface area contributed by atoms with Gasteiger partial charge in [0, 0.05) is 24.5 Å². The molecule has 1 aromatic heterocycles. The molecule has 0 aliphatic carbocycles. The van der Waals surface area contributed by atoms with Gasteiger partial charge in [0.25, 0.3) is 0 Å². The summed E-state index contributed by atoms with van der Waals surface area (Å²) < 4.78 is 16.2. The largest absolute Gasteiger partial charge is 0.497 e. The van der Waals surface area contributed by atoms with Crippen molar-refractivity contribution in [3.63, 3.8) is 0 Å². The van der Waals surface area contributed by atoms with Crippen molar-refractivity contribution in [2.24, 2.45) is 0 Å². The zero-order chi connectivity index (χ0) is 18.5. The van der Waals surface area contributed by atoms with Gasteiger partial charge < -0.3 is 13.9 Å². The first-order chi connectivity index (χ1) is 12.5. The zero-order valence-corrected chi connectivity index (χ0v) is 15.3. The predicted molar refractivity (Wildman–Crippen MR) is 102 cm³/mol. The van der Waals surface area contributed by atoms with E-state index in [4.69, 9.17) is 13.9 Å². The molecule has 0 N–H and O–H groups in total. The molecule has 0 unspecified atom stereocenters. The normalized spacial score (nSPS) is 11.1. The summed E-state index contributed by atoms with van der Waals surface area (Å²) in [7, 11) is 3.64. The van der Waals surface area contributed by atoms with Gasteiger partial charge in [0.05, 0.1) is 7.11 Å². The van der Waals surface area contributed by atoms with E-state index in [9.17, 15) is 4.79 Å². The molecule has 0 radical (unpaired) electrons. The second-order valence-corrected chi connectivity index (χ2v) is 6.35. The number of hydrogen-bond donors (Lipinski definition) is 0. The highest BCUT2D eigenvalue weighted by atomic mass is 16.5. The molecule has 0 saturated carbocycles. The molecule has 0 aliphatic rings. The Morgan fingerprint density at radius 1 is 1.04 bits per heavy atom. The summed E-state index contributed by atoms with van der Waals surface area (Å²) in [6.07, 6.45) is 0. The molecule has 0 bridgehead atoms. The summed E-state index contributed by atoms with van der Waals surface area (Å²) in [5.41, 5.74) is 2.35. The lowest BCUT2D eigenvalue weighted by Crippen LogP contribution is -2.24. The Morgan fingerprint density at radius 2 is 1.77 bits per heavy atom. The van der Waals surface area contributed by atoms with Gasteiger partial charge in [0.2, 0.25) is 0 Å². The third-order valence-electron chi connectivity index (χ3n) is 4.23. The smallest absolute Gasteiger partial charge is 0.336 e. The molecular weight excluding hydrogens is 330 g/mol. The van der Waals surface area contributed by atoms with Gasteiger partial charge in [0.1, 0.15) is 23.7 Å². The van der Waals surface area contributed by atoms with Crippen molar-refractivity contribution in [3.05, 3.63) is 70.1 Å². The first-order valence-electron chi connectivity index (χ1n) is 8.54. The Balaban J connectivity index is 1.61. The Bertz CT molecular complexity index is 931. The van der Waals surface area contributed by atoms with Crippen molar-refractivity contribution < 1.29 is 13.9 Å². The molecule has 26 heavy (non-hydrogen) atoms. The molecule has 2 aromatic carbocycles. The lowest BCUT2D eigenvalue weighted by atomic mass is 10.1. The molecular formula is C21H23NO4. The molecule has 1 heterocycles. The number of hydrogen-bond acceptors (Lipinski definition) is 5. The molecule has 0 aliphatic heterocycles. The van der Waals surface area contributed by atoms with E-state index in [0.29, 0.717) is 18.7 Å². The topological polar surface area (TPSA) is 51.9 Å². The Kier molecular flexibility index (Phi) is 5.58. The fourth-order valence-corrected chi connectivity index (χ4v) is 2.83. The van der Waals surface area contributed by atoms with Gasteiger partial charge >= 0.3 is 5.63 Å². The monoisotopic (exact) mass is 353 g/mol. The predicted octanol–water partition coefficient (Wildman–Crippen LogP) is 3.62. The van der Waals surface area contributed by atoms with E-state index >= 15 is 0 Å². The Hall–Kier alpha value is -2.79. The Labute approximate surface area is 152 Å². The maximum Gasteiger partial charge on any atom is 0.336 e. The fraction of sp³-hybridized carbons (Fsp3) is 0.286. The van der Waals surface area contributed by atoms with Crippen molar-refractivity contribution in [3.8, 4) is 11.5 Å². The van der Waals surface area contributed by atoms with Crippen LogP contribution in [0.4, 0.5) is 0 Å². The van der Waals surface area contributed by atoms with Gasteiger partial charge in [-0.3, -0.25) is 4.90 Å². The van der Waals surface area contributed by atoms with Crippen LogP contribution < -0.4 is 15.1 Å². The molecule has 3 aromatic rings. The number of fused-ring (bicyclic) bond motifs is 1. The van der Waals surface area contributed by atoms with Gasteiger partial charge in [-0.25, -0.2) is 4.79 Å². The standard InChI is InChI=1S/C21H23NO4/c1-15-4-9-19-16(13-21(23)26-20(19)12-15)14-22(2)10-11-25-18-7-5-17(24-3)6-8-18/h4-9,12-13H,10-11,14H2,1-3H3. The number of rotatable bonds is 7. The van der Waals surface area contributed by atoms with Gasteiger partial charge in [-0.05, 0) is 55.4 Å². The summed E-state index contributed by atoms with van der Waals surface area (Å²) >= 11 is 0. The van der Waals surface area contributed by atoms with Crippen LogP contribution in [0.5, 0.6) is 11.5 Å². The van der Waals surface area contributed by atoms with Crippen LogP contribution in [0.3, 0.4) is 0 Å². The second-order valence-electron chi connectivity index (χ2n) is 6.35. The van der Waals surface area contributed by atoms with Crippen LogP contribution in [0.25, 0.3) is 11.0 Å². The third kappa shape index (κ3) is 4.43. The van der Waals surface area contributed by atoms with Crippen LogP contribution in [0.1, 0.15) is 11.1 Å². The molecule has 0 atom stereocenters. The third-order valence-corrected chi connectivity index (χ3v) is 4.23. The minimum atomic E-state index is -0.319. The summed E-state index contributed by atoms with van der Waals surface area (Å²) in [5.74, 6) is 1.61. The summed E-state index contributed by atoms with van der Waals surface area (Å²) in [4.78, 5) is 14.0. The number of methoxy groups -OCH3 is 1. The average molecular weight is 353 g/mol. The minimum absolute atomic E-state index is 0.319. The van der Waals surface area contributed by atoms with Crippen LogP contribution in [0.2, 0.25) is 0 Å². The molecule has 136 valence electrons. The zero-order valence-electron chi connectivity index (χ0n) is 15.3. The summed E-state index contributed by atoms with van der Waals surface area (Å²) in [6.45, 7) is 3.92. The highest BCUT2D eigenvalue weighted by molar-refractivity contribution is 5.80. The number of aryl methyl sites for hydroxylation is 1. The number of ether oxygens (including phenoxy) is 2. The van der Waals surface area contributed by atoms with Crippen LogP contribution in [-0.2, 0) is 6.54 Å². The van der Waals surface area contributed by atoms with Gasteiger partial charge in [-0.15, -0.1) is 0 Å². The van der Waals surface area contributed by atoms with E-state index in [1.807, 2.05) is 56.4 Å². The van der Waals surface area contributed by atoms with E-state index in [1.54, 1.807) is 13.2 Å². The number of benzene rings is 2. The highest BCUT2D eigenvalue weighted by Gasteiger charge is 2.09. The number of likely N-dealkylation sites (N-methyl/N-ethyl adjacent to an activating group) is 1. The maximum absolute atomic E-state index is 11.8.